The van der Waals surface area contributed by atoms with Gasteiger partial charge < -0.3 is 10.2 Å². The fourth-order valence-corrected chi connectivity index (χ4v) is 4.67. The Morgan fingerprint density at radius 3 is 2.67 bits per heavy atom. The van der Waals surface area contributed by atoms with E-state index in [0.717, 1.165) is 16.1 Å². The van der Waals surface area contributed by atoms with Crippen LogP contribution in [0.3, 0.4) is 0 Å². The third-order valence-electron chi connectivity index (χ3n) is 5.32. The van der Waals surface area contributed by atoms with Gasteiger partial charge in [0, 0.05) is 17.3 Å². The Balaban J connectivity index is 1.57. The minimum absolute atomic E-state index is 0.0554. The van der Waals surface area contributed by atoms with Gasteiger partial charge in [0.25, 0.3) is 0 Å². The third kappa shape index (κ3) is 4.30. The molecule has 1 aliphatic heterocycles. The highest BCUT2D eigenvalue weighted by atomic mass is 32.1. The Morgan fingerprint density at radius 1 is 1.17 bits per heavy atom. The lowest BCUT2D eigenvalue weighted by Crippen LogP contribution is -2.44. The van der Waals surface area contributed by atoms with E-state index < -0.39 is 0 Å². The molecular formula is C24H25N3O2S. The quantitative estimate of drug-likeness (QED) is 0.640. The summed E-state index contributed by atoms with van der Waals surface area (Å²) in [6, 6.07) is 19.7. The molecule has 0 unspecified atom stereocenters. The lowest BCUT2D eigenvalue weighted by Gasteiger charge is -2.29. The van der Waals surface area contributed by atoms with Crippen LogP contribution >= 0.6 is 11.3 Å². The first-order valence-electron chi connectivity index (χ1n) is 10.1. The van der Waals surface area contributed by atoms with Crippen molar-refractivity contribution in [2.45, 2.75) is 32.4 Å². The van der Waals surface area contributed by atoms with E-state index in [0.29, 0.717) is 5.69 Å². The van der Waals surface area contributed by atoms with Crippen molar-refractivity contribution in [1.82, 2.24) is 5.32 Å². The molecule has 154 valence electrons. The molecule has 1 aliphatic rings. The normalized spacial score (nSPS) is 17.1. The molecule has 0 spiro atoms. The SMILES string of the molecule is Cc1ccc([C@H](NCC(=O)N2c3ccccc3NC(=O)C[C@H]2C)c2cccs2)cc1. The van der Waals surface area contributed by atoms with Crippen LogP contribution in [0.4, 0.5) is 11.4 Å². The summed E-state index contributed by atoms with van der Waals surface area (Å²) in [5, 5.41) is 8.40. The largest absolute Gasteiger partial charge is 0.324 e. The minimum atomic E-state index is -0.220. The van der Waals surface area contributed by atoms with Crippen LogP contribution in [-0.2, 0) is 9.59 Å². The van der Waals surface area contributed by atoms with Crippen molar-refractivity contribution in [2.75, 3.05) is 16.8 Å². The number of nitrogens with zero attached hydrogens (tertiary/aromatic N) is 1. The van der Waals surface area contributed by atoms with Crippen molar-refractivity contribution in [1.29, 1.82) is 0 Å². The Morgan fingerprint density at radius 2 is 1.93 bits per heavy atom. The van der Waals surface area contributed by atoms with E-state index >= 15 is 0 Å². The predicted molar refractivity (Wildman–Crippen MR) is 122 cm³/mol. The summed E-state index contributed by atoms with van der Waals surface area (Å²) < 4.78 is 0. The van der Waals surface area contributed by atoms with Crippen molar-refractivity contribution in [2.24, 2.45) is 0 Å². The van der Waals surface area contributed by atoms with Crippen LogP contribution in [0.15, 0.2) is 66.0 Å². The van der Waals surface area contributed by atoms with Crippen LogP contribution in [0, 0.1) is 6.92 Å². The molecule has 0 aliphatic carbocycles. The van der Waals surface area contributed by atoms with E-state index in [1.807, 2.05) is 42.6 Å². The maximum atomic E-state index is 13.3. The highest BCUT2D eigenvalue weighted by Crippen LogP contribution is 2.32. The van der Waals surface area contributed by atoms with Gasteiger partial charge in [0.15, 0.2) is 0 Å². The van der Waals surface area contributed by atoms with Gasteiger partial charge in [0.05, 0.1) is 24.0 Å². The van der Waals surface area contributed by atoms with Gasteiger partial charge in [-0.2, -0.15) is 0 Å². The van der Waals surface area contributed by atoms with E-state index in [1.54, 1.807) is 16.2 Å². The zero-order chi connectivity index (χ0) is 21.1. The summed E-state index contributed by atoms with van der Waals surface area (Å²) in [6.07, 6.45) is 0.271. The average Bonchev–Trinajstić information content (AvgIpc) is 3.21. The van der Waals surface area contributed by atoms with Gasteiger partial charge in [-0.3, -0.25) is 14.9 Å². The van der Waals surface area contributed by atoms with Crippen molar-refractivity contribution in [3.05, 3.63) is 82.0 Å². The number of benzene rings is 2. The summed E-state index contributed by atoms with van der Waals surface area (Å²) in [7, 11) is 0. The van der Waals surface area contributed by atoms with E-state index in [2.05, 4.69) is 47.9 Å². The number of carbonyl (C=O) groups is 2. The Bertz CT molecular complexity index is 1030. The molecule has 4 rings (SSSR count). The molecule has 2 N–H and O–H groups in total. The first kappa shape index (κ1) is 20.3. The fraction of sp³-hybridized carbons (Fsp3) is 0.250. The van der Waals surface area contributed by atoms with E-state index in [9.17, 15) is 9.59 Å². The van der Waals surface area contributed by atoms with Crippen LogP contribution < -0.4 is 15.5 Å². The summed E-state index contributed by atoms with van der Waals surface area (Å²) in [4.78, 5) is 28.4. The molecule has 2 aromatic carbocycles. The average molecular weight is 420 g/mol. The second kappa shape index (κ2) is 8.81. The number of fused-ring (bicyclic) bond motifs is 1. The molecular weight excluding hydrogens is 394 g/mol. The number of hydrogen-bond acceptors (Lipinski definition) is 4. The first-order chi connectivity index (χ1) is 14.5. The lowest BCUT2D eigenvalue weighted by atomic mass is 10.0. The summed E-state index contributed by atoms with van der Waals surface area (Å²) in [5.74, 6) is -0.130. The van der Waals surface area contributed by atoms with Crippen LogP contribution in [-0.4, -0.2) is 24.4 Å². The molecule has 5 nitrogen and oxygen atoms in total. The maximum absolute atomic E-state index is 13.3. The van der Waals surface area contributed by atoms with Gasteiger partial charge in [-0.25, -0.2) is 0 Å². The Hall–Kier alpha value is -2.96. The van der Waals surface area contributed by atoms with Crippen molar-refractivity contribution >= 4 is 34.5 Å². The number of anilines is 2. The number of thiophene rings is 1. The van der Waals surface area contributed by atoms with Crippen molar-refractivity contribution in [3.8, 4) is 0 Å². The minimum Gasteiger partial charge on any atom is -0.324 e. The third-order valence-corrected chi connectivity index (χ3v) is 6.26. The van der Waals surface area contributed by atoms with Crippen LogP contribution in [0.5, 0.6) is 0 Å². The van der Waals surface area contributed by atoms with Crippen LogP contribution in [0.25, 0.3) is 0 Å². The summed E-state index contributed by atoms with van der Waals surface area (Å²) in [6.45, 7) is 4.15. The van der Waals surface area contributed by atoms with Gasteiger partial charge in [0.1, 0.15) is 0 Å². The van der Waals surface area contributed by atoms with Crippen molar-refractivity contribution < 1.29 is 9.59 Å². The molecule has 1 aromatic heterocycles. The van der Waals surface area contributed by atoms with E-state index in [4.69, 9.17) is 0 Å². The van der Waals surface area contributed by atoms with Crippen LogP contribution in [0.2, 0.25) is 0 Å². The first-order valence-corrected chi connectivity index (χ1v) is 10.9. The Kier molecular flexibility index (Phi) is 5.97. The Labute approximate surface area is 180 Å². The number of carbonyl (C=O) groups excluding carboxylic acids is 2. The topological polar surface area (TPSA) is 61.4 Å². The summed E-state index contributed by atoms with van der Waals surface area (Å²) >= 11 is 1.67. The number of para-hydroxylation sites is 2. The number of rotatable bonds is 5. The zero-order valence-electron chi connectivity index (χ0n) is 17.1. The van der Waals surface area contributed by atoms with E-state index in [-0.39, 0.29) is 36.9 Å². The van der Waals surface area contributed by atoms with Gasteiger partial charge >= 0.3 is 0 Å². The maximum Gasteiger partial charge on any atom is 0.241 e. The smallest absolute Gasteiger partial charge is 0.241 e. The number of aryl methyl sites for hydroxylation is 1. The molecule has 0 saturated carbocycles. The molecule has 30 heavy (non-hydrogen) atoms. The molecule has 0 saturated heterocycles. The molecule has 3 aromatic rings. The van der Waals surface area contributed by atoms with Gasteiger partial charge in [-0.15, -0.1) is 11.3 Å². The van der Waals surface area contributed by atoms with Crippen molar-refractivity contribution in [3.63, 3.8) is 0 Å². The zero-order valence-corrected chi connectivity index (χ0v) is 17.9. The molecule has 2 heterocycles. The second-order valence-electron chi connectivity index (χ2n) is 7.62. The molecule has 2 atom stereocenters. The molecule has 0 bridgehead atoms. The van der Waals surface area contributed by atoms with Crippen LogP contribution in [0.1, 0.15) is 35.4 Å². The molecule has 2 amide bonds. The molecule has 0 fully saturated rings. The highest BCUT2D eigenvalue weighted by molar-refractivity contribution is 7.10. The number of hydrogen-bond donors (Lipinski definition) is 2. The highest BCUT2D eigenvalue weighted by Gasteiger charge is 2.30. The van der Waals surface area contributed by atoms with Gasteiger partial charge in [-0.05, 0) is 43.0 Å². The summed E-state index contributed by atoms with van der Waals surface area (Å²) in [5.41, 5.74) is 3.74. The van der Waals surface area contributed by atoms with Gasteiger partial charge in [0.2, 0.25) is 11.8 Å². The monoisotopic (exact) mass is 419 g/mol. The van der Waals surface area contributed by atoms with E-state index in [1.165, 1.54) is 5.56 Å². The second-order valence-corrected chi connectivity index (χ2v) is 8.60. The predicted octanol–water partition coefficient (Wildman–Crippen LogP) is 4.50. The van der Waals surface area contributed by atoms with Gasteiger partial charge in [-0.1, -0.05) is 48.0 Å². The number of nitrogens with one attached hydrogen (secondary N) is 2. The molecule has 6 heteroatoms. The lowest BCUT2D eigenvalue weighted by molar-refractivity contribution is -0.118. The fourth-order valence-electron chi connectivity index (χ4n) is 3.84. The molecule has 0 radical (unpaired) electrons. The number of amides is 2. The standard InChI is InChI=1S/C24H25N3O2S/c1-16-9-11-18(12-10-16)24(21-8-5-13-30-21)25-15-23(29)27-17(2)14-22(28)26-19-6-3-4-7-20(19)27/h3-13,17,24-25H,14-15H2,1-2H3,(H,26,28)/t17-,24+/m1/s1.